The van der Waals surface area contributed by atoms with Crippen molar-refractivity contribution in [3.63, 3.8) is 0 Å². The molecule has 0 saturated carbocycles. The van der Waals surface area contributed by atoms with Crippen LogP contribution >= 0.6 is 0 Å². The average molecular weight is 298 g/mol. The number of halogens is 3. The van der Waals surface area contributed by atoms with Gasteiger partial charge in [0.15, 0.2) is 17.5 Å². The second-order valence-electron chi connectivity index (χ2n) is 6.00. The standard InChI is InChI=1S/C15H17F3N2O/c1-15(21)3-5-20(8-15)4-2-9-7-19-14-10(9)6-11(16)12(17)13(14)18/h6-7,19,21H,2-5,8H2,1H3. The van der Waals surface area contributed by atoms with E-state index in [1.807, 2.05) is 0 Å². The maximum absolute atomic E-state index is 13.6. The zero-order chi connectivity index (χ0) is 15.2. The molecule has 2 heterocycles. The minimum absolute atomic E-state index is 0.00248. The smallest absolute Gasteiger partial charge is 0.196 e. The fourth-order valence-corrected chi connectivity index (χ4v) is 2.94. The summed E-state index contributed by atoms with van der Waals surface area (Å²) in [6.45, 7) is 3.87. The predicted octanol–water partition coefficient (Wildman–Crippen LogP) is 2.58. The molecule has 3 rings (SSSR count). The van der Waals surface area contributed by atoms with Crippen LogP contribution in [0.25, 0.3) is 10.9 Å². The van der Waals surface area contributed by atoms with Gasteiger partial charge in [-0.1, -0.05) is 0 Å². The summed E-state index contributed by atoms with van der Waals surface area (Å²) < 4.78 is 40.1. The quantitative estimate of drug-likeness (QED) is 0.855. The number of likely N-dealkylation sites (tertiary alicyclic amines) is 1. The average Bonchev–Trinajstić information content (AvgIpc) is 2.97. The Labute approximate surface area is 120 Å². The minimum atomic E-state index is -1.45. The molecule has 1 aliphatic heterocycles. The summed E-state index contributed by atoms with van der Waals surface area (Å²) in [7, 11) is 0. The van der Waals surface area contributed by atoms with Crippen LogP contribution in [0.2, 0.25) is 0 Å². The van der Waals surface area contributed by atoms with Crippen LogP contribution in [0.4, 0.5) is 13.2 Å². The molecule has 2 aromatic rings. The van der Waals surface area contributed by atoms with Crippen molar-refractivity contribution in [3.8, 4) is 0 Å². The van der Waals surface area contributed by atoms with Crippen molar-refractivity contribution in [1.29, 1.82) is 0 Å². The summed E-state index contributed by atoms with van der Waals surface area (Å²) in [6, 6.07) is 1.03. The SMILES string of the molecule is CC1(O)CCN(CCc2c[nH]c3c(F)c(F)c(F)cc23)C1. The first kappa shape index (κ1) is 14.4. The van der Waals surface area contributed by atoms with Crippen LogP contribution in [0.15, 0.2) is 12.3 Å². The van der Waals surface area contributed by atoms with Crippen molar-refractivity contribution in [1.82, 2.24) is 9.88 Å². The molecular weight excluding hydrogens is 281 g/mol. The second kappa shape index (κ2) is 5.03. The summed E-state index contributed by atoms with van der Waals surface area (Å²) in [4.78, 5) is 4.77. The number of rotatable bonds is 3. The topological polar surface area (TPSA) is 39.3 Å². The van der Waals surface area contributed by atoms with Crippen molar-refractivity contribution >= 4 is 10.9 Å². The van der Waals surface area contributed by atoms with Gasteiger partial charge in [0.1, 0.15) is 0 Å². The molecule has 1 fully saturated rings. The van der Waals surface area contributed by atoms with E-state index in [1.54, 1.807) is 13.1 Å². The number of nitrogens with one attached hydrogen (secondary N) is 1. The minimum Gasteiger partial charge on any atom is -0.389 e. The van der Waals surface area contributed by atoms with Crippen molar-refractivity contribution < 1.29 is 18.3 Å². The van der Waals surface area contributed by atoms with Crippen LogP contribution in [0.1, 0.15) is 18.9 Å². The van der Waals surface area contributed by atoms with Gasteiger partial charge in [-0.05, 0) is 31.4 Å². The highest BCUT2D eigenvalue weighted by Gasteiger charge is 2.30. The molecule has 1 saturated heterocycles. The Morgan fingerprint density at radius 1 is 1.33 bits per heavy atom. The van der Waals surface area contributed by atoms with Crippen molar-refractivity contribution in [2.75, 3.05) is 19.6 Å². The highest BCUT2D eigenvalue weighted by atomic mass is 19.2. The fraction of sp³-hybridized carbons (Fsp3) is 0.467. The molecule has 3 nitrogen and oxygen atoms in total. The van der Waals surface area contributed by atoms with Crippen LogP contribution in [0.5, 0.6) is 0 Å². The van der Waals surface area contributed by atoms with E-state index >= 15 is 0 Å². The number of β-amino-alcohol motifs (C(OH)–C–C–N with tert-alkyl or cyclic N) is 1. The summed E-state index contributed by atoms with van der Waals surface area (Å²) >= 11 is 0. The normalized spacial score (nSPS) is 23.3. The molecule has 6 heteroatoms. The first-order chi connectivity index (χ1) is 9.87. The Balaban J connectivity index is 1.79. The largest absolute Gasteiger partial charge is 0.389 e. The molecular formula is C15H17F3N2O. The number of benzene rings is 1. The third-order valence-corrected chi connectivity index (χ3v) is 4.13. The summed E-state index contributed by atoms with van der Waals surface area (Å²) in [5, 5.41) is 10.3. The van der Waals surface area contributed by atoms with Crippen molar-refractivity contribution in [2.45, 2.75) is 25.4 Å². The molecule has 1 unspecified atom stereocenters. The summed E-state index contributed by atoms with van der Waals surface area (Å²) in [5.74, 6) is -3.81. The van der Waals surface area contributed by atoms with Gasteiger partial charge in [0.25, 0.3) is 0 Å². The van der Waals surface area contributed by atoms with E-state index in [0.29, 0.717) is 24.9 Å². The van der Waals surface area contributed by atoms with Gasteiger partial charge < -0.3 is 15.0 Å². The van der Waals surface area contributed by atoms with Crippen molar-refractivity contribution in [2.24, 2.45) is 0 Å². The zero-order valence-corrected chi connectivity index (χ0v) is 11.7. The molecule has 0 aliphatic carbocycles. The van der Waals surface area contributed by atoms with E-state index in [1.165, 1.54) is 0 Å². The number of nitrogens with zero attached hydrogens (tertiary/aromatic N) is 1. The van der Waals surface area contributed by atoms with Gasteiger partial charge in [-0.25, -0.2) is 13.2 Å². The first-order valence-corrected chi connectivity index (χ1v) is 6.95. The Morgan fingerprint density at radius 3 is 2.76 bits per heavy atom. The molecule has 1 aromatic heterocycles. The van der Waals surface area contributed by atoms with E-state index in [2.05, 4.69) is 9.88 Å². The monoisotopic (exact) mass is 298 g/mol. The number of aromatic nitrogens is 1. The lowest BCUT2D eigenvalue weighted by Crippen LogP contribution is -2.30. The van der Waals surface area contributed by atoms with Gasteiger partial charge >= 0.3 is 0 Å². The highest BCUT2D eigenvalue weighted by Crippen LogP contribution is 2.26. The Hall–Kier alpha value is -1.53. The Kier molecular flexibility index (Phi) is 3.45. The third kappa shape index (κ3) is 2.65. The van der Waals surface area contributed by atoms with E-state index in [4.69, 9.17) is 0 Å². The molecule has 2 N–H and O–H groups in total. The molecule has 1 aromatic carbocycles. The van der Waals surface area contributed by atoms with Crippen LogP contribution in [0.3, 0.4) is 0 Å². The van der Waals surface area contributed by atoms with Crippen LogP contribution in [0, 0.1) is 17.5 Å². The molecule has 114 valence electrons. The van der Waals surface area contributed by atoms with Gasteiger partial charge in [0.2, 0.25) is 0 Å². The number of H-pyrrole nitrogens is 1. The molecule has 21 heavy (non-hydrogen) atoms. The van der Waals surface area contributed by atoms with E-state index in [0.717, 1.165) is 24.6 Å². The van der Waals surface area contributed by atoms with Gasteiger partial charge in [0, 0.05) is 31.2 Å². The fourth-order valence-electron chi connectivity index (χ4n) is 2.94. The molecule has 1 atom stereocenters. The second-order valence-corrected chi connectivity index (χ2v) is 6.00. The predicted molar refractivity (Wildman–Crippen MR) is 73.6 cm³/mol. The van der Waals surface area contributed by atoms with Gasteiger partial charge in [-0.3, -0.25) is 0 Å². The van der Waals surface area contributed by atoms with Crippen LogP contribution in [-0.2, 0) is 6.42 Å². The number of aliphatic hydroxyl groups is 1. The van der Waals surface area contributed by atoms with E-state index in [-0.39, 0.29) is 5.52 Å². The van der Waals surface area contributed by atoms with Crippen molar-refractivity contribution in [3.05, 3.63) is 35.3 Å². The maximum Gasteiger partial charge on any atom is 0.196 e. The Bertz CT molecular complexity index is 681. The lowest BCUT2D eigenvalue weighted by atomic mass is 10.1. The molecule has 0 spiro atoms. The first-order valence-electron chi connectivity index (χ1n) is 6.95. The zero-order valence-electron chi connectivity index (χ0n) is 11.7. The lowest BCUT2D eigenvalue weighted by molar-refractivity contribution is 0.0690. The number of hydrogen-bond acceptors (Lipinski definition) is 2. The maximum atomic E-state index is 13.6. The molecule has 0 amide bonds. The number of aromatic amines is 1. The molecule has 0 radical (unpaired) electrons. The number of hydrogen-bond donors (Lipinski definition) is 2. The molecule has 0 bridgehead atoms. The van der Waals surface area contributed by atoms with Gasteiger partial charge in [-0.15, -0.1) is 0 Å². The Morgan fingerprint density at radius 2 is 2.10 bits per heavy atom. The van der Waals surface area contributed by atoms with Crippen LogP contribution in [-0.4, -0.2) is 40.2 Å². The van der Waals surface area contributed by atoms with Gasteiger partial charge in [-0.2, -0.15) is 0 Å². The van der Waals surface area contributed by atoms with Gasteiger partial charge in [0.05, 0.1) is 11.1 Å². The van der Waals surface area contributed by atoms with Crippen LogP contribution < -0.4 is 0 Å². The van der Waals surface area contributed by atoms with E-state index in [9.17, 15) is 18.3 Å². The summed E-state index contributed by atoms with van der Waals surface area (Å²) in [6.07, 6.45) is 2.89. The highest BCUT2D eigenvalue weighted by molar-refractivity contribution is 5.84. The lowest BCUT2D eigenvalue weighted by Gasteiger charge is -2.18. The molecule has 1 aliphatic rings. The van der Waals surface area contributed by atoms with E-state index < -0.39 is 23.1 Å². The summed E-state index contributed by atoms with van der Waals surface area (Å²) in [5.41, 5.74) is 0.0772. The number of fused-ring (bicyclic) bond motifs is 1. The third-order valence-electron chi connectivity index (χ3n) is 4.13.